The first-order chi connectivity index (χ1) is 13.6. The molecule has 3 rings (SSSR count). The van der Waals surface area contributed by atoms with Crippen molar-refractivity contribution in [3.63, 3.8) is 0 Å². The normalized spacial score (nSPS) is 16.5. The van der Waals surface area contributed by atoms with Crippen molar-refractivity contribution in [3.05, 3.63) is 65.5 Å². The Kier molecular flexibility index (Phi) is 7.04. The lowest BCUT2D eigenvalue weighted by Gasteiger charge is -2.32. The minimum Gasteiger partial charge on any atom is -0.497 e. The van der Waals surface area contributed by atoms with Crippen LogP contribution >= 0.6 is 0 Å². The fourth-order valence-corrected chi connectivity index (χ4v) is 3.75. The Morgan fingerprint density at radius 3 is 2.36 bits per heavy atom. The molecule has 0 radical (unpaired) electrons. The van der Waals surface area contributed by atoms with E-state index in [0.29, 0.717) is 0 Å². The number of hydrogen-bond donors (Lipinski definition) is 1. The largest absolute Gasteiger partial charge is 0.497 e. The third-order valence-corrected chi connectivity index (χ3v) is 5.52. The van der Waals surface area contributed by atoms with Crippen LogP contribution in [0.4, 0.5) is 4.39 Å². The predicted octanol–water partition coefficient (Wildman–Crippen LogP) is 4.31. The number of carbonyl (C=O) groups is 1. The lowest BCUT2D eigenvalue weighted by molar-refractivity contribution is -0.127. The van der Waals surface area contributed by atoms with E-state index in [4.69, 9.17) is 4.74 Å². The Balaban J connectivity index is 1.50. The van der Waals surface area contributed by atoms with Crippen LogP contribution in [0.25, 0.3) is 0 Å². The summed E-state index contributed by atoms with van der Waals surface area (Å²) in [6.07, 6.45) is 2.56. The van der Waals surface area contributed by atoms with Crippen LogP contribution in [0.15, 0.2) is 48.5 Å². The Morgan fingerprint density at radius 1 is 1.14 bits per heavy atom. The minimum atomic E-state index is -0.207. The van der Waals surface area contributed by atoms with Gasteiger partial charge >= 0.3 is 0 Å². The van der Waals surface area contributed by atoms with Gasteiger partial charge in [-0.2, -0.15) is 0 Å². The summed E-state index contributed by atoms with van der Waals surface area (Å²) in [6, 6.07) is 14.6. The van der Waals surface area contributed by atoms with Gasteiger partial charge in [0.15, 0.2) is 0 Å². The molecule has 4 nitrogen and oxygen atoms in total. The van der Waals surface area contributed by atoms with Crippen LogP contribution in [0.1, 0.15) is 43.4 Å². The zero-order valence-electron chi connectivity index (χ0n) is 16.7. The van der Waals surface area contributed by atoms with Gasteiger partial charge in [0.2, 0.25) is 5.91 Å². The molecule has 0 saturated carbocycles. The smallest absolute Gasteiger partial charge is 0.223 e. The number of carbonyl (C=O) groups excluding carboxylic acids is 1. The summed E-state index contributed by atoms with van der Waals surface area (Å²) in [5, 5.41) is 3.22. The van der Waals surface area contributed by atoms with Crippen LogP contribution in [0.5, 0.6) is 5.75 Å². The van der Waals surface area contributed by atoms with Crippen molar-refractivity contribution in [1.82, 2.24) is 10.2 Å². The van der Waals surface area contributed by atoms with Gasteiger partial charge in [-0.05, 0) is 67.7 Å². The molecule has 0 aliphatic carbocycles. The molecule has 0 bridgehead atoms. The van der Waals surface area contributed by atoms with Crippen molar-refractivity contribution in [3.8, 4) is 5.75 Å². The summed E-state index contributed by atoms with van der Waals surface area (Å²) >= 11 is 0. The second kappa shape index (κ2) is 9.69. The van der Waals surface area contributed by atoms with Crippen molar-refractivity contribution in [2.45, 2.75) is 38.8 Å². The molecule has 0 spiro atoms. The number of nitrogens with one attached hydrogen (secondary N) is 1. The Morgan fingerprint density at radius 2 is 1.79 bits per heavy atom. The fraction of sp³-hybridized carbons (Fsp3) is 0.435. The van der Waals surface area contributed by atoms with Crippen LogP contribution in [0.3, 0.4) is 0 Å². The van der Waals surface area contributed by atoms with E-state index in [1.165, 1.54) is 12.1 Å². The third kappa shape index (κ3) is 5.32. The second-order valence-corrected chi connectivity index (χ2v) is 7.42. The molecule has 1 aliphatic rings. The maximum atomic E-state index is 13.0. The highest BCUT2D eigenvalue weighted by Crippen LogP contribution is 2.23. The van der Waals surface area contributed by atoms with Crippen molar-refractivity contribution in [2.24, 2.45) is 5.92 Å². The van der Waals surface area contributed by atoms with E-state index in [1.807, 2.05) is 36.4 Å². The summed E-state index contributed by atoms with van der Waals surface area (Å²) in [4.78, 5) is 15.1. The number of piperidine rings is 1. The first-order valence-electron chi connectivity index (χ1n) is 10.00. The van der Waals surface area contributed by atoms with E-state index in [1.54, 1.807) is 7.11 Å². The van der Waals surface area contributed by atoms with Crippen LogP contribution in [0.2, 0.25) is 0 Å². The molecule has 1 N–H and O–H groups in total. The van der Waals surface area contributed by atoms with Crippen LogP contribution < -0.4 is 10.1 Å². The molecule has 1 aliphatic heterocycles. The molecule has 2 aromatic rings. The number of hydrogen-bond acceptors (Lipinski definition) is 3. The van der Waals surface area contributed by atoms with Crippen molar-refractivity contribution in [1.29, 1.82) is 0 Å². The molecule has 1 fully saturated rings. The van der Waals surface area contributed by atoms with E-state index in [2.05, 4.69) is 17.1 Å². The SMILES string of the molecule is CC[C@H](NC(=O)C1CCN(Cc2ccc(F)cc2)CC1)c1ccc(OC)cc1. The average Bonchev–Trinajstić information content (AvgIpc) is 2.74. The molecule has 150 valence electrons. The molecular weight excluding hydrogens is 355 g/mol. The highest BCUT2D eigenvalue weighted by Gasteiger charge is 2.26. The Bertz CT molecular complexity index is 753. The molecular formula is C23H29FN2O2. The number of likely N-dealkylation sites (tertiary alicyclic amines) is 1. The van der Waals surface area contributed by atoms with Gasteiger partial charge in [-0.25, -0.2) is 4.39 Å². The number of rotatable bonds is 7. The van der Waals surface area contributed by atoms with E-state index in [9.17, 15) is 9.18 Å². The third-order valence-electron chi connectivity index (χ3n) is 5.52. The van der Waals surface area contributed by atoms with Gasteiger partial charge in [0.05, 0.1) is 13.2 Å². The van der Waals surface area contributed by atoms with E-state index in [-0.39, 0.29) is 23.7 Å². The average molecular weight is 384 g/mol. The summed E-state index contributed by atoms with van der Waals surface area (Å²) < 4.78 is 18.2. The first kappa shape index (κ1) is 20.3. The number of ether oxygens (including phenoxy) is 1. The van der Waals surface area contributed by atoms with Crippen molar-refractivity contribution in [2.75, 3.05) is 20.2 Å². The number of methoxy groups -OCH3 is 1. The molecule has 2 aromatic carbocycles. The van der Waals surface area contributed by atoms with Gasteiger partial charge < -0.3 is 10.1 Å². The van der Waals surface area contributed by atoms with E-state index < -0.39 is 0 Å². The van der Waals surface area contributed by atoms with Gasteiger partial charge in [-0.1, -0.05) is 31.2 Å². The van der Waals surface area contributed by atoms with Crippen LogP contribution in [-0.4, -0.2) is 31.0 Å². The molecule has 0 unspecified atom stereocenters. The molecule has 0 aromatic heterocycles. The van der Waals surface area contributed by atoms with Gasteiger partial charge in [-0.3, -0.25) is 9.69 Å². The highest BCUT2D eigenvalue weighted by molar-refractivity contribution is 5.79. The number of amides is 1. The minimum absolute atomic E-state index is 0.0238. The number of nitrogens with zero attached hydrogens (tertiary/aromatic N) is 1. The van der Waals surface area contributed by atoms with Crippen LogP contribution in [0, 0.1) is 11.7 Å². The Hall–Kier alpha value is -2.40. The second-order valence-electron chi connectivity index (χ2n) is 7.42. The molecule has 1 atom stereocenters. The van der Waals surface area contributed by atoms with E-state index >= 15 is 0 Å². The van der Waals surface area contributed by atoms with Gasteiger partial charge in [-0.15, -0.1) is 0 Å². The number of halogens is 1. The quantitative estimate of drug-likeness (QED) is 0.773. The first-order valence-corrected chi connectivity index (χ1v) is 10.00. The molecule has 1 saturated heterocycles. The summed E-state index contributed by atoms with van der Waals surface area (Å²) in [5.41, 5.74) is 2.21. The standard InChI is InChI=1S/C23H29FN2O2/c1-3-22(18-6-10-21(28-2)11-7-18)25-23(27)19-12-14-26(15-13-19)16-17-4-8-20(24)9-5-17/h4-11,19,22H,3,12-16H2,1-2H3,(H,25,27)/t22-/m0/s1. The summed E-state index contributed by atoms with van der Waals surface area (Å²) in [6.45, 7) is 4.65. The zero-order chi connectivity index (χ0) is 19.9. The monoisotopic (exact) mass is 384 g/mol. The van der Waals surface area contributed by atoms with Gasteiger partial charge in [0.1, 0.15) is 11.6 Å². The topological polar surface area (TPSA) is 41.6 Å². The Labute approximate surface area is 166 Å². The maximum Gasteiger partial charge on any atom is 0.223 e. The van der Waals surface area contributed by atoms with Gasteiger partial charge in [0.25, 0.3) is 0 Å². The highest BCUT2D eigenvalue weighted by atomic mass is 19.1. The molecule has 5 heteroatoms. The maximum absolute atomic E-state index is 13.0. The molecule has 28 heavy (non-hydrogen) atoms. The van der Waals surface area contributed by atoms with Crippen molar-refractivity contribution < 1.29 is 13.9 Å². The predicted molar refractivity (Wildman–Crippen MR) is 109 cm³/mol. The van der Waals surface area contributed by atoms with Gasteiger partial charge in [0, 0.05) is 12.5 Å². The molecule has 1 heterocycles. The lowest BCUT2D eigenvalue weighted by atomic mass is 9.94. The van der Waals surface area contributed by atoms with Crippen LogP contribution in [-0.2, 0) is 11.3 Å². The number of benzene rings is 2. The summed E-state index contributed by atoms with van der Waals surface area (Å²) in [7, 11) is 1.65. The summed E-state index contributed by atoms with van der Waals surface area (Å²) in [5.74, 6) is 0.806. The van der Waals surface area contributed by atoms with E-state index in [0.717, 1.165) is 55.8 Å². The zero-order valence-corrected chi connectivity index (χ0v) is 16.7. The lowest BCUT2D eigenvalue weighted by Crippen LogP contribution is -2.41. The fourth-order valence-electron chi connectivity index (χ4n) is 3.75. The molecule has 1 amide bonds. The van der Waals surface area contributed by atoms with Crippen molar-refractivity contribution >= 4 is 5.91 Å².